The lowest BCUT2D eigenvalue weighted by molar-refractivity contribution is -0.116. The van der Waals surface area contributed by atoms with E-state index in [-0.39, 0.29) is 5.91 Å². The minimum absolute atomic E-state index is 0.0794. The summed E-state index contributed by atoms with van der Waals surface area (Å²) in [6, 6.07) is 7.90. The second-order valence-electron chi connectivity index (χ2n) is 4.50. The van der Waals surface area contributed by atoms with Crippen LogP contribution in [-0.2, 0) is 4.79 Å². The number of hydrogen-bond acceptors (Lipinski definition) is 3. The first-order valence-electron chi connectivity index (χ1n) is 6.29. The van der Waals surface area contributed by atoms with Crippen molar-refractivity contribution < 1.29 is 4.79 Å². The number of nitrogens with two attached hydrogens (primary N) is 1. The molecule has 0 aliphatic rings. The van der Waals surface area contributed by atoms with Crippen LogP contribution in [0.2, 0.25) is 0 Å². The van der Waals surface area contributed by atoms with E-state index in [0.717, 1.165) is 18.5 Å². The van der Waals surface area contributed by atoms with Gasteiger partial charge in [-0.25, -0.2) is 0 Å². The van der Waals surface area contributed by atoms with E-state index in [2.05, 4.69) is 12.2 Å². The van der Waals surface area contributed by atoms with Crippen LogP contribution in [0, 0.1) is 5.92 Å². The Labute approximate surface area is 114 Å². The van der Waals surface area contributed by atoms with Crippen LogP contribution >= 0.6 is 11.8 Å². The summed E-state index contributed by atoms with van der Waals surface area (Å²) >= 11 is 1.69. The zero-order chi connectivity index (χ0) is 13.4. The molecule has 1 rings (SSSR count). The van der Waals surface area contributed by atoms with Crippen LogP contribution in [-0.4, -0.2) is 18.7 Å². The van der Waals surface area contributed by atoms with E-state index in [4.69, 9.17) is 5.73 Å². The average molecular weight is 266 g/mol. The zero-order valence-corrected chi connectivity index (χ0v) is 11.9. The Morgan fingerprint density at radius 2 is 2.00 bits per heavy atom. The Morgan fingerprint density at radius 3 is 2.56 bits per heavy atom. The first-order chi connectivity index (χ1) is 8.65. The minimum atomic E-state index is 0.0794. The first kappa shape index (κ1) is 15.1. The van der Waals surface area contributed by atoms with Gasteiger partial charge in [0.25, 0.3) is 0 Å². The second kappa shape index (κ2) is 8.16. The topological polar surface area (TPSA) is 55.1 Å². The van der Waals surface area contributed by atoms with Crippen LogP contribution in [0.15, 0.2) is 29.2 Å². The molecule has 1 aromatic rings. The third kappa shape index (κ3) is 5.56. The molecule has 1 unspecified atom stereocenters. The number of nitrogens with one attached hydrogen (secondary N) is 1. The van der Waals surface area contributed by atoms with Crippen LogP contribution in [0.4, 0.5) is 5.69 Å². The van der Waals surface area contributed by atoms with E-state index in [1.54, 1.807) is 11.8 Å². The molecule has 0 radical (unpaired) electrons. The van der Waals surface area contributed by atoms with Gasteiger partial charge in [0.2, 0.25) is 5.91 Å². The van der Waals surface area contributed by atoms with Crippen molar-refractivity contribution in [3.63, 3.8) is 0 Å². The zero-order valence-electron chi connectivity index (χ0n) is 11.1. The minimum Gasteiger partial charge on any atom is -0.330 e. The van der Waals surface area contributed by atoms with E-state index >= 15 is 0 Å². The monoisotopic (exact) mass is 266 g/mol. The molecule has 18 heavy (non-hydrogen) atoms. The molecule has 4 heteroatoms. The van der Waals surface area contributed by atoms with Gasteiger partial charge in [-0.2, -0.15) is 0 Å². The smallest absolute Gasteiger partial charge is 0.224 e. The maximum absolute atomic E-state index is 11.7. The van der Waals surface area contributed by atoms with Crippen LogP contribution in [0.3, 0.4) is 0 Å². The molecule has 1 amide bonds. The summed E-state index contributed by atoms with van der Waals surface area (Å²) in [5.74, 6) is 0.593. The van der Waals surface area contributed by atoms with E-state index in [0.29, 0.717) is 18.9 Å². The highest BCUT2D eigenvalue weighted by atomic mass is 32.2. The van der Waals surface area contributed by atoms with Crippen molar-refractivity contribution in [2.75, 3.05) is 18.1 Å². The Balaban J connectivity index is 2.35. The predicted molar refractivity (Wildman–Crippen MR) is 78.9 cm³/mol. The number of anilines is 1. The molecule has 0 aliphatic heterocycles. The van der Waals surface area contributed by atoms with Gasteiger partial charge in [-0.05, 0) is 55.8 Å². The largest absolute Gasteiger partial charge is 0.330 e. The van der Waals surface area contributed by atoms with E-state index in [1.807, 2.05) is 30.5 Å². The van der Waals surface area contributed by atoms with Gasteiger partial charge in [0.15, 0.2) is 0 Å². The van der Waals surface area contributed by atoms with Crippen LogP contribution in [0.25, 0.3) is 0 Å². The molecule has 0 aliphatic carbocycles. The molecule has 1 atom stereocenters. The van der Waals surface area contributed by atoms with E-state index in [1.165, 1.54) is 4.90 Å². The molecule has 0 spiro atoms. The van der Waals surface area contributed by atoms with Crippen molar-refractivity contribution in [1.29, 1.82) is 0 Å². The standard InChI is InChI=1S/C14H22N2OS/c1-11(9-10-15)3-8-14(17)16-12-4-6-13(18-2)7-5-12/h4-7,11H,3,8-10,15H2,1-2H3,(H,16,17). The molecule has 100 valence electrons. The number of thioether (sulfide) groups is 1. The quantitative estimate of drug-likeness (QED) is 0.746. The van der Waals surface area contributed by atoms with Crippen LogP contribution in [0.1, 0.15) is 26.2 Å². The maximum Gasteiger partial charge on any atom is 0.224 e. The highest BCUT2D eigenvalue weighted by molar-refractivity contribution is 7.98. The first-order valence-corrected chi connectivity index (χ1v) is 7.52. The fourth-order valence-corrected chi connectivity index (χ4v) is 2.11. The van der Waals surface area contributed by atoms with Crippen molar-refractivity contribution in [2.45, 2.75) is 31.1 Å². The molecule has 0 fully saturated rings. The summed E-state index contributed by atoms with van der Waals surface area (Å²) in [4.78, 5) is 12.9. The predicted octanol–water partition coefficient (Wildman–Crippen LogP) is 3.11. The number of rotatable bonds is 7. The molecule has 0 bridgehead atoms. The lowest BCUT2D eigenvalue weighted by Gasteiger charge is -2.10. The summed E-state index contributed by atoms with van der Waals surface area (Å²) in [6.45, 7) is 2.83. The summed E-state index contributed by atoms with van der Waals surface area (Å²) in [6.07, 6.45) is 4.47. The second-order valence-corrected chi connectivity index (χ2v) is 5.38. The highest BCUT2D eigenvalue weighted by Gasteiger charge is 2.06. The molecule has 0 heterocycles. The van der Waals surface area contributed by atoms with Crippen molar-refractivity contribution in [3.8, 4) is 0 Å². The summed E-state index contributed by atoms with van der Waals surface area (Å²) in [7, 11) is 0. The van der Waals surface area contributed by atoms with E-state index < -0.39 is 0 Å². The van der Waals surface area contributed by atoms with Crippen molar-refractivity contribution in [2.24, 2.45) is 11.7 Å². The molecule has 3 N–H and O–H groups in total. The summed E-state index contributed by atoms with van der Waals surface area (Å²) in [5.41, 5.74) is 6.35. The van der Waals surface area contributed by atoms with Crippen LogP contribution in [0.5, 0.6) is 0 Å². The summed E-state index contributed by atoms with van der Waals surface area (Å²) < 4.78 is 0. The molecular weight excluding hydrogens is 244 g/mol. The number of amides is 1. The number of hydrogen-bond donors (Lipinski definition) is 2. The van der Waals surface area contributed by atoms with Gasteiger partial charge in [-0.1, -0.05) is 6.92 Å². The Kier molecular flexibility index (Phi) is 6.83. The van der Waals surface area contributed by atoms with Gasteiger partial charge in [-0.15, -0.1) is 11.8 Å². The summed E-state index contributed by atoms with van der Waals surface area (Å²) in [5, 5.41) is 2.91. The molecule has 3 nitrogen and oxygen atoms in total. The third-order valence-corrected chi connectivity index (χ3v) is 3.64. The van der Waals surface area contributed by atoms with Gasteiger partial charge >= 0.3 is 0 Å². The lowest BCUT2D eigenvalue weighted by Crippen LogP contribution is -2.14. The van der Waals surface area contributed by atoms with Crippen molar-refractivity contribution in [1.82, 2.24) is 0 Å². The molecule has 1 aromatic carbocycles. The number of carbonyl (C=O) groups excluding carboxylic acids is 1. The number of carbonyl (C=O) groups is 1. The average Bonchev–Trinajstić information content (AvgIpc) is 2.38. The molecule has 0 saturated carbocycles. The SMILES string of the molecule is CSc1ccc(NC(=O)CCC(C)CCN)cc1. The third-order valence-electron chi connectivity index (χ3n) is 2.90. The van der Waals surface area contributed by atoms with Gasteiger partial charge in [0.1, 0.15) is 0 Å². The van der Waals surface area contributed by atoms with Crippen molar-refractivity contribution in [3.05, 3.63) is 24.3 Å². The van der Waals surface area contributed by atoms with Crippen molar-refractivity contribution >= 4 is 23.4 Å². The normalized spacial score (nSPS) is 12.2. The number of benzene rings is 1. The molecule has 0 aromatic heterocycles. The van der Waals surface area contributed by atoms with Gasteiger partial charge in [0, 0.05) is 17.0 Å². The van der Waals surface area contributed by atoms with E-state index in [9.17, 15) is 4.79 Å². The molecular formula is C14H22N2OS. The maximum atomic E-state index is 11.7. The highest BCUT2D eigenvalue weighted by Crippen LogP contribution is 2.18. The fourth-order valence-electron chi connectivity index (χ4n) is 1.70. The van der Waals surface area contributed by atoms with Gasteiger partial charge < -0.3 is 11.1 Å². The Morgan fingerprint density at radius 1 is 1.33 bits per heavy atom. The Hall–Kier alpha value is -1.00. The molecule has 0 saturated heterocycles. The fraction of sp³-hybridized carbons (Fsp3) is 0.500. The van der Waals surface area contributed by atoms with Gasteiger partial charge in [-0.3, -0.25) is 4.79 Å². The Bertz CT molecular complexity index is 365. The van der Waals surface area contributed by atoms with Crippen LogP contribution < -0.4 is 11.1 Å². The van der Waals surface area contributed by atoms with Gasteiger partial charge in [0.05, 0.1) is 0 Å². The lowest BCUT2D eigenvalue weighted by atomic mass is 10.0.